The molecule has 1 N–H and O–H groups in total. The summed E-state index contributed by atoms with van der Waals surface area (Å²) < 4.78 is 39.4. The van der Waals surface area contributed by atoms with Crippen molar-refractivity contribution in [2.75, 3.05) is 5.32 Å². The van der Waals surface area contributed by atoms with E-state index in [9.17, 15) is 18.0 Å². The Hall–Kier alpha value is -1.28. The van der Waals surface area contributed by atoms with E-state index in [2.05, 4.69) is 5.32 Å². The number of nitrogens with one attached hydrogen (secondary N) is 1. The van der Waals surface area contributed by atoms with Crippen LogP contribution in [0.5, 0.6) is 0 Å². The third-order valence-corrected chi connectivity index (χ3v) is 3.76. The van der Waals surface area contributed by atoms with Crippen LogP contribution in [0.15, 0.2) is 42.5 Å². The van der Waals surface area contributed by atoms with E-state index in [0.29, 0.717) is 14.2 Å². The summed E-state index contributed by atoms with van der Waals surface area (Å²) in [6.45, 7) is 0. The third kappa shape index (κ3) is 4.61. The fourth-order valence-corrected chi connectivity index (χ4v) is 2.47. The molecule has 0 bridgehead atoms. The second-order valence-corrected chi connectivity index (χ2v) is 6.22. The zero-order valence-corrected chi connectivity index (χ0v) is 14.0. The van der Waals surface area contributed by atoms with E-state index in [0.717, 1.165) is 6.07 Å². The molecule has 0 saturated carbocycles. The smallest absolute Gasteiger partial charge is 0.325 e. The molecular weight excluding hydrogens is 430 g/mol. The molecule has 7 heteroatoms. The minimum Gasteiger partial charge on any atom is -0.325 e. The highest BCUT2D eigenvalue weighted by Crippen LogP contribution is 2.35. The molecule has 0 atom stereocenters. The highest BCUT2D eigenvalue weighted by Gasteiger charge is 2.33. The molecule has 0 unspecified atom stereocenters. The van der Waals surface area contributed by atoms with Gasteiger partial charge in [0, 0.05) is 8.59 Å². The van der Waals surface area contributed by atoms with Gasteiger partial charge in [0.05, 0.1) is 17.7 Å². The van der Waals surface area contributed by atoms with Gasteiger partial charge in [-0.3, -0.25) is 4.79 Å². The summed E-state index contributed by atoms with van der Waals surface area (Å²) in [5.74, 6) is -0.519. The van der Waals surface area contributed by atoms with Gasteiger partial charge in [-0.2, -0.15) is 13.2 Å². The summed E-state index contributed by atoms with van der Waals surface area (Å²) >= 11 is 7.63. The van der Waals surface area contributed by atoms with Gasteiger partial charge >= 0.3 is 6.18 Å². The number of carbonyl (C=O) groups is 1. The van der Waals surface area contributed by atoms with Crippen molar-refractivity contribution >= 4 is 45.8 Å². The van der Waals surface area contributed by atoms with E-state index >= 15 is 0 Å². The Bertz CT molecular complexity index is 686. The minimum absolute atomic E-state index is 0.0278. The molecule has 0 spiro atoms. The predicted octanol–water partition coefficient (Wildman–Crippen LogP) is 5.14. The first-order valence-corrected chi connectivity index (χ1v) is 7.62. The average molecular weight is 440 g/mol. The van der Waals surface area contributed by atoms with Gasteiger partial charge in [0.15, 0.2) is 0 Å². The van der Waals surface area contributed by atoms with Crippen molar-refractivity contribution in [2.24, 2.45) is 0 Å². The maximum atomic E-state index is 12.9. The Morgan fingerprint density at radius 1 is 1.14 bits per heavy atom. The first kappa shape index (κ1) is 17.1. The SMILES string of the molecule is O=C(Cc1ccc(Cl)cc1)Nc1cc(I)ccc1C(F)(F)F. The van der Waals surface area contributed by atoms with Crippen molar-refractivity contribution in [3.63, 3.8) is 0 Å². The summed E-state index contributed by atoms with van der Waals surface area (Å²) in [6, 6.07) is 10.2. The lowest BCUT2D eigenvalue weighted by atomic mass is 10.1. The highest BCUT2D eigenvalue weighted by molar-refractivity contribution is 14.1. The van der Waals surface area contributed by atoms with E-state index in [-0.39, 0.29) is 12.1 Å². The topological polar surface area (TPSA) is 29.1 Å². The molecule has 2 aromatic carbocycles. The number of anilines is 1. The molecule has 0 aliphatic rings. The molecule has 0 fully saturated rings. The van der Waals surface area contributed by atoms with Crippen LogP contribution in [0.3, 0.4) is 0 Å². The molecule has 0 saturated heterocycles. The molecule has 0 aromatic heterocycles. The molecule has 2 aromatic rings. The quantitative estimate of drug-likeness (QED) is 0.659. The summed E-state index contributed by atoms with van der Waals surface area (Å²) in [7, 11) is 0. The third-order valence-electron chi connectivity index (χ3n) is 2.84. The number of hydrogen-bond donors (Lipinski definition) is 1. The summed E-state index contributed by atoms with van der Waals surface area (Å²) in [5.41, 5.74) is -0.433. The molecule has 0 aliphatic heterocycles. The van der Waals surface area contributed by atoms with Crippen molar-refractivity contribution in [2.45, 2.75) is 12.6 Å². The number of halogens is 5. The van der Waals surface area contributed by atoms with E-state index in [1.165, 1.54) is 12.1 Å². The molecule has 116 valence electrons. The van der Waals surface area contributed by atoms with Crippen LogP contribution in [0, 0.1) is 3.57 Å². The lowest BCUT2D eigenvalue weighted by Gasteiger charge is -2.14. The largest absolute Gasteiger partial charge is 0.418 e. The van der Waals surface area contributed by atoms with Gasteiger partial charge in [-0.05, 0) is 58.5 Å². The number of carbonyl (C=O) groups excluding carboxylic acids is 1. The van der Waals surface area contributed by atoms with Gasteiger partial charge < -0.3 is 5.32 Å². The molecule has 22 heavy (non-hydrogen) atoms. The van der Waals surface area contributed by atoms with Gasteiger partial charge in [0.1, 0.15) is 0 Å². The standard InChI is InChI=1S/C15H10ClF3INO/c16-10-3-1-9(2-4-10)7-14(22)21-13-8-11(20)5-6-12(13)15(17,18)19/h1-6,8H,7H2,(H,21,22). The van der Waals surface area contributed by atoms with Crippen LogP contribution in [-0.4, -0.2) is 5.91 Å². The van der Waals surface area contributed by atoms with Crippen LogP contribution in [0.2, 0.25) is 5.02 Å². The maximum absolute atomic E-state index is 12.9. The molecule has 2 nitrogen and oxygen atoms in total. The highest BCUT2D eigenvalue weighted by atomic mass is 127. The van der Waals surface area contributed by atoms with Crippen LogP contribution in [-0.2, 0) is 17.4 Å². The lowest BCUT2D eigenvalue weighted by molar-refractivity contribution is -0.137. The van der Waals surface area contributed by atoms with Gasteiger partial charge in [0.2, 0.25) is 5.91 Å². The van der Waals surface area contributed by atoms with Crippen LogP contribution in [0.25, 0.3) is 0 Å². The Morgan fingerprint density at radius 3 is 2.36 bits per heavy atom. The van der Waals surface area contributed by atoms with E-state index in [4.69, 9.17) is 11.6 Å². The van der Waals surface area contributed by atoms with E-state index in [1.807, 2.05) is 22.6 Å². The Morgan fingerprint density at radius 2 is 1.77 bits per heavy atom. The van der Waals surface area contributed by atoms with Crippen LogP contribution in [0.4, 0.5) is 18.9 Å². The second kappa shape index (κ2) is 6.87. The number of hydrogen-bond acceptors (Lipinski definition) is 1. The Kier molecular flexibility index (Phi) is 5.33. The monoisotopic (exact) mass is 439 g/mol. The molecule has 0 heterocycles. The first-order valence-electron chi connectivity index (χ1n) is 6.17. The zero-order valence-electron chi connectivity index (χ0n) is 11.0. The van der Waals surface area contributed by atoms with E-state index in [1.54, 1.807) is 24.3 Å². The zero-order chi connectivity index (χ0) is 16.3. The number of benzene rings is 2. The van der Waals surface area contributed by atoms with Crippen molar-refractivity contribution in [3.8, 4) is 0 Å². The van der Waals surface area contributed by atoms with Crippen LogP contribution < -0.4 is 5.32 Å². The number of amides is 1. The number of alkyl halides is 3. The molecule has 1 amide bonds. The fraction of sp³-hybridized carbons (Fsp3) is 0.133. The van der Waals surface area contributed by atoms with Gasteiger partial charge in [-0.25, -0.2) is 0 Å². The normalized spacial score (nSPS) is 11.3. The summed E-state index contributed by atoms with van der Waals surface area (Å²) in [4.78, 5) is 11.9. The van der Waals surface area contributed by atoms with Gasteiger partial charge in [-0.15, -0.1) is 0 Å². The Balaban J connectivity index is 2.17. The molecule has 0 radical (unpaired) electrons. The van der Waals surface area contributed by atoms with Crippen molar-refractivity contribution in [3.05, 3.63) is 62.2 Å². The second-order valence-electron chi connectivity index (χ2n) is 4.54. The molecule has 0 aliphatic carbocycles. The van der Waals surface area contributed by atoms with Gasteiger partial charge in [-0.1, -0.05) is 23.7 Å². The van der Waals surface area contributed by atoms with Crippen molar-refractivity contribution < 1.29 is 18.0 Å². The van der Waals surface area contributed by atoms with Crippen LogP contribution >= 0.6 is 34.2 Å². The van der Waals surface area contributed by atoms with Gasteiger partial charge in [0.25, 0.3) is 0 Å². The van der Waals surface area contributed by atoms with Crippen LogP contribution in [0.1, 0.15) is 11.1 Å². The lowest BCUT2D eigenvalue weighted by Crippen LogP contribution is -2.18. The maximum Gasteiger partial charge on any atom is 0.418 e. The fourth-order valence-electron chi connectivity index (χ4n) is 1.85. The summed E-state index contributed by atoms with van der Waals surface area (Å²) in [6.07, 6.45) is -4.55. The first-order chi connectivity index (χ1) is 10.3. The average Bonchev–Trinajstić information content (AvgIpc) is 2.40. The minimum atomic E-state index is -4.52. The Labute approximate surface area is 143 Å². The summed E-state index contributed by atoms with van der Waals surface area (Å²) in [5, 5.41) is 2.85. The van der Waals surface area contributed by atoms with Crippen molar-refractivity contribution in [1.29, 1.82) is 0 Å². The molecule has 2 rings (SSSR count). The predicted molar refractivity (Wildman–Crippen MR) is 87.9 cm³/mol. The number of rotatable bonds is 3. The van der Waals surface area contributed by atoms with Crippen molar-refractivity contribution in [1.82, 2.24) is 0 Å². The molecular formula is C15H10ClF3INO. The van der Waals surface area contributed by atoms with E-state index < -0.39 is 17.6 Å².